The van der Waals surface area contributed by atoms with Gasteiger partial charge in [-0.1, -0.05) is 34.1 Å². The molecule has 0 aromatic carbocycles. The van der Waals surface area contributed by atoms with Gasteiger partial charge in [-0.3, -0.25) is 0 Å². The van der Waals surface area contributed by atoms with Crippen LogP contribution in [0.1, 0.15) is 40.0 Å². The van der Waals surface area contributed by atoms with Gasteiger partial charge in [0.2, 0.25) is 0 Å². The highest BCUT2D eigenvalue weighted by atomic mass is 16.3. The smallest absolute Gasteiger partial charge is 0.199 e. The van der Waals surface area contributed by atoms with Crippen molar-refractivity contribution in [2.45, 2.75) is 39.5 Å². The normalized spacial score (nSPS) is 14.7. The minimum Gasteiger partial charge on any atom is -0.448 e. The highest BCUT2D eigenvalue weighted by molar-refractivity contribution is 5.01. The lowest BCUT2D eigenvalue weighted by Gasteiger charge is -2.27. The number of rotatable bonds is 3. The molecule has 0 fully saturated rings. The predicted octanol–water partition coefficient (Wildman–Crippen LogP) is 3.00. The molecule has 1 atom stereocenters. The van der Waals surface area contributed by atoms with E-state index in [2.05, 4.69) is 32.7 Å². The molecule has 0 saturated heterocycles. The van der Waals surface area contributed by atoms with Gasteiger partial charge in [-0.05, 0) is 5.92 Å². The molecular weight excluding hydrogens is 150 g/mol. The van der Waals surface area contributed by atoms with Crippen molar-refractivity contribution >= 4 is 0 Å². The van der Waals surface area contributed by atoms with Gasteiger partial charge in [0.1, 0.15) is 6.26 Å². The van der Waals surface area contributed by atoms with Crippen molar-refractivity contribution in [3.05, 3.63) is 18.4 Å². The van der Waals surface area contributed by atoms with Gasteiger partial charge < -0.3 is 4.42 Å². The van der Waals surface area contributed by atoms with Crippen LogP contribution in [-0.4, -0.2) is 4.98 Å². The molecule has 1 aromatic heterocycles. The van der Waals surface area contributed by atoms with Gasteiger partial charge in [0.05, 0.1) is 6.20 Å². The lowest BCUT2D eigenvalue weighted by Crippen LogP contribution is -2.26. The van der Waals surface area contributed by atoms with Crippen LogP contribution in [0.15, 0.2) is 16.9 Å². The third-order valence-electron chi connectivity index (χ3n) is 2.83. The first-order valence-electron chi connectivity index (χ1n) is 4.49. The maximum absolute atomic E-state index is 5.31. The molecule has 0 aliphatic carbocycles. The fourth-order valence-corrected chi connectivity index (χ4v) is 1.26. The molecule has 0 bridgehead atoms. The minimum absolute atomic E-state index is 0.0538. The number of oxazole rings is 1. The van der Waals surface area contributed by atoms with E-state index in [0.717, 1.165) is 12.3 Å². The van der Waals surface area contributed by atoms with Crippen molar-refractivity contribution in [3.63, 3.8) is 0 Å². The average Bonchev–Trinajstić information content (AvgIpc) is 2.55. The lowest BCUT2D eigenvalue weighted by molar-refractivity contribution is 0.265. The minimum atomic E-state index is 0.0538. The van der Waals surface area contributed by atoms with Crippen LogP contribution in [0.25, 0.3) is 0 Å². The van der Waals surface area contributed by atoms with E-state index in [4.69, 9.17) is 4.42 Å². The number of hydrogen-bond acceptors (Lipinski definition) is 2. The molecule has 0 aliphatic heterocycles. The lowest BCUT2D eigenvalue weighted by atomic mass is 9.78. The molecular formula is C10H17NO. The van der Waals surface area contributed by atoms with E-state index in [9.17, 15) is 0 Å². The van der Waals surface area contributed by atoms with Crippen LogP contribution >= 0.6 is 0 Å². The molecule has 0 radical (unpaired) electrons. The molecule has 2 heteroatoms. The first kappa shape index (κ1) is 9.30. The predicted molar refractivity (Wildman–Crippen MR) is 49.0 cm³/mol. The van der Waals surface area contributed by atoms with Crippen LogP contribution < -0.4 is 0 Å². The molecule has 2 nitrogen and oxygen atoms in total. The van der Waals surface area contributed by atoms with Crippen molar-refractivity contribution in [1.82, 2.24) is 4.98 Å². The fraction of sp³-hybridized carbons (Fsp3) is 0.700. The first-order valence-corrected chi connectivity index (χ1v) is 4.49. The van der Waals surface area contributed by atoms with Crippen LogP contribution in [0.4, 0.5) is 0 Å². The first-order chi connectivity index (χ1) is 5.59. The summed E-state index contributed by atoms with van der Waals surface area (Å²) in [5.74, 6) is 1.44. The highest BCUT2D eigenvalue weighted by Crippen LogP contribution is 2.31. The Morgan fingerprint density at radius 1 is 1.58 bits per heavy atom. The van der Waals surface area contributed by atoms with Gasteiger partial charge in [0, 0.05) is 5.41 Å². The number of aromatic nitrogens is 1. The van der Waals surface area contributed by atoms with Crippen LogP contribution in [0.2, 0.25) is 0 Å². The van der Waals surface area contributed by atoms with E-state index >= 15 is 0 Å². The van der Waals surface area contributed by atoms with E-state index in [1.807, 2.05) is 0 Å². The summed E-state index contributed by atoms with van der Waals surface area (Å²) in [5, 5.41) is 0. The summed E-state index contributed by atoms with van der Waals surface area (Å²) in [6.45, 7) is 8.76. The standard InChI is InChI=1S/C10H17NO/c1-5-8(2)10(3,4)9-11-6-7-12-9/h6-8H,5H2,1-4H3. The second-order valence-corrected chi connectivity index (χ2v) is 3.87. The summed E-state index contributed by atoms with van der Waals surface area (Å²) in [6, 6.07) is 0. The van der Waals surface area contributed by atoms with Crippen LogP contribution in [0.5, 0.6) is 0 Å². The van der Waals surface area contributed by atoms with Crippen molar-refractivity contribution < 1.29 is 4.42 Å². The molecule has 1 aromatic rings. The van der Waals surface area contributed by atoms with Crippen LogP contribution in [0, 0.1) is 5.92 Å². The molecule has 1 unspecified atom stereocenters. The van der Waals surface area contributed by atoms with Gasteiger partial charge in [-0.2, -0.15) is 0 Å². The van der Waals surface area contributed by atoms with E-state index < -0.39 is 0 Å². The van der Waals surface area contributed by atoms with E-state index in [1.54, 1.807) is 12.5 Å². The van der Waals surface area contributed by atoms with E-state index in [-0.39, 0.29) is 5.41 Å². The third-order valence-corrected chi connectivity index (χ3v) is 2.83. The summed E-state index contributed by atoms with van der Waals surface area (Å²) in [7, 11) is 0. The average molecular weight is 167 g/mol. The van der Waals surface area contributed by atoms with E-state index in [0.29, 0.717) is 5.92 Å². The molecule has 1 rings (SSSR count). The maximum atomic E-state index is 5.31. The van der Waals surface area contributed by atoms with Crippen LogP contribution in [-0.2, 0) is 5.41 Å². The highest BCUT2D eigenvalue weighted by Gasteiger charge is 2.30. The molecule has 0 spiro atoms. The summed E-state index contributed by atoms with van der Waals surface area (Å²) >= 11 is 0. The Bertz CT molecular complexity index is 226. The zero-order valence-corrected chi connectivity index (χ0v) is 8.29. The fourth-order valence-electron chi connectivity index (χ4n) is 1.26. The van der Waals surface area contributed by atoms with Gasteiger partial charge in [0.15, 0.2) is 5.89 Å². The topological polar surface area (TPSA) is 26.0 Å². The Labute approximate surface area is 74.0 Å². The summed E-state index contributed by atoms with van der Waals surface area (Å²) < 4.78 is 5.31. The monoisotopic (exact) mass is 167 g/mol. The van der Waals surface area contributed by atoms with Crippen molar-refractivity contribution in [3.8, 4) is 0 Å². The summed E-state index contributed by atoms with van der Waals surface area (Å²) in [4.78, 5) is 4.19. The zero-order valence-electron chi connectivity index (χ0n) is 8.29. The number of hydrogen-bond donors (Lipinski definition) is 0. The molecule has 0 amide bonds. The second kappa shape index (κ2) is 3.30. The molecule has 0 saturated carbocycles. The largest absolute Gasteiger partial charge is 0.448 e. The van der Waals surface area contributed by atoms with Crippen molar-refractivity contribution in [2.24, 2.45) is 5.92 Å². The van der Waals surface area contributed by atoms with Gasteiger partial charge in [-0.25, -0.2) is 4.98 Å². The Morgan fingerprint density at radius 2 is 2.25 bits per heavy atom. The number of nitrogens with zero attached hydrogens (tertiary/aromatic N) is 1. The maximum Gasteiger partial charge on any atom is 0.199 e. The molecule has 0 N–H and O–H groups in total. The van der Waals surface area contributed by atoms with Crippen LogP contribution in [0.3, 0.4) is 0 Å². The summed E-state index contributed by atoms with van der Waals surface area (Å²) in [6.07, 6.45) is 4.49. The molecule has 1 heterocycles. The molecule has 68 valence electrons. The quantitative estimate of drug-likeness (QED) is 0.691. The third kappa shape index (κ3) is 1.52. The van der Waals surface area contributed by atoms with E-state index in [1.165, 1.54) is 0 Å². The van der Waals surface area contributed by atoms with Gasteiger partial charge in [-0.15, -0.1) is 0 Å². The summed E-state index contributed by atoms with van der Waals surface area (Å²) in [5.41, 5.74) is 0.0538. The SMILES string of the molecule is CCC(C)C(C)(C)c1ncco1. The van der Waals surface area contributed by atoms with Crippen molar-refractivity contribution in [2.75, 3.05) is 0 Å². The Hall–Kier alpha value is -0.790. The van der Waals surface area contributed by atoms with Gasteiger partial charge >= 0.3 is 0 Å². The van der Waals surface area contributed by atoms with Gasteiger partial charge in [0.25, 0.3) is 0 Å². The Morgan fingerprint density at radius 3 is 2.67 bits per heavy atom. The molecule has 12 heavy (non-hydrogen) atoms. The molecule has 0 aliphatic rings. The second-order valence-electron chi connectivity index (χ2n) is 3.87. The Kier molecular flexibility index (Phi) is 2.55. The Balaban J connectivity index is 2.85. The zero-order chi connectivity index (χ0) is 9.19. The van der Waals surface area contributed by atoms with Crippen molar-refractivity contribution in [1.29, 1.82) is 0 Å².